The van der Waals surface area contributed by atoms with Gasteiger partial charge in [0, 0.05) is 13.0 Å². The van der Waals surface area contributed by atoms with Crippen molar-refractivity contribution in [3.8, 4) is 5.75 Å². The summed E-state index contributed by atoms with van der Waals surface area (Å²) in [6.07, 6.45) is -3.28. The van der Waals surface area contributed by atoms with Gasteiger partial charge in [0.2, 0.25) is 0 Å². The fourth-order valence-electron chi connectivity index (χ4n) is 0.844. The third-order valence-electron chi connectivity index (χ3n) is 1.44. The Hall–Kier alpha value is -1.19. The Kier molecular flexibility index (Phi) is 2.50. The Bertz CT molecular complexity index is 304. The Morgan fingerprint density at radius 3 is 2.38 bits per heavy atom. The number of alkyl halides is 2. The van der Waals surface area contributed by atoms with Crippen LogP contribution in [-0.4, -0.2) is 6.11 Å². The minimum absolute atomic E-state index is 0.171. The molecule has 0 aliphatic heterocycles. The zero-order valence-electron chi connectivity index (χ0n) is 7.27. The lowest BCUT2D eigenvalue weighted by molar-refractivity contribution is -0.159. The van der Waals surface area contributed by atoms with E-state index in [1.54, 1.807) is 6.92 Å². The second-order valence-corrected chi connectivity index (χ2v) is 2.82. The maximum atomic E-state index is 12.8. The molecule has 0 aliphatic rings. The van der Waals surface area contributed by atoms with Crippen LogP contribution in [0.15, 0.2) is 18.2 Å². The molecule has 72 valence electrons. The molecule has 1 aromatic rings. The third-order valence-corrected chi connectivity index (χ3v) is 1.44. The van der Waals surface area contributed by atoms with E-state index in [-0.39, 0.29) is 5.75 Å². The van der Waals surface area contributed by atoms with Crippen LogP contribution in [0.3, 0.4) is 0 Å². The van der Waals surface area contributed by atoms with Gasteiger partial charge in [-0.05, 0) is 18.6 Å². The number of hydrogen-bond donors (Lipinski definition) is 0. The minimum atomic E-state index is -3.28. The number of benzene rings is 1. The Morgan fingerprint density at radius 1 is 1.31 bits per heavy atom. The molecular weight excluding hydrogens is 181 g/mol. The Morgan fingerprint density at radius 2 is 1.92 bits per heavy atom. The van der Waals surface area contributed by atoms with E-state index in [0.717, 1.165) is 6.07 Å². The van der Waals surface area contributed by atoms with Crippen molar-refractivity contribution in [3.05, 3.63) is 29.6 Å². The van der Waals surface area contributed by atoms with Gasteiger partial charge in [0.1, 0.15) is 11.6 Å². The fourth-order valence-corrected chi connectivity index (χ4v) is 0.844. The van der Waals surface area contributed by atoms with E-state index in [1.165, 1.54) is 12.1 Å². The summed E-state index contributed by atoms with van der Waals surface area (Å²) in [5.41, 5.74) is 0.395. The van der Waals surface area contributed by atoms with Gasteiger partial charge in [-0.2, -0.15) is 8.78 Å². The number of rotatable bonds is 2. The number of ether oxygens (including phenoxy) is 1. The van der Waals surface area contributed by atoms with Crippen LogP contribution in [-0.2, 0) is 0 Å². The molecule has 0 heterocycles. The van der Waals surface area contributed by atoms with Gasteiger partial charge in [-0.25, -0.2) is 4.39 Å². The molecule has 1 rings (SSSR count). The van der Waals surface area contributed by atoms with Crippen LogP contribution in [0, 0.1) is 12.7 Å². The first-order chi connectivity index (χ1) is 5.88. The molecule has 13 heavy (non-hydrogen) atoms. The predicted molar refractivity (Wildman–Crippen MR) is 42.4 cm³/mol. The van der Waals surface area contributed by atoms with Crippen molar-refractivity contribution in [1.82, 2.24) is 0 Å². The van der Waals surface area contributed by atoms with Gasteiger partial charge in [0.05, 0.1) is 0 Å². The highest BCUT2D eigenvalue weighted by Crippen LogP contribution is 2.22. The van der Waals surface area contributed by atoms with Gasteiger partial charge in [-0.15, -0.1) is 0 Å². The molecule has 0 saturated heterocycles. The van der Waals surface area contributed by atoms with Crippen molar-refractivity contribution in [3.63, 3.8) is 0 Å². The van der Waals surface area contributed by atoms with E-state index < -0.39 is 11.9 Å². The number of aryl methyl sites for hydroxylation is 1. The second-order valence-electron chi connectivity index (χ2n) is 2.82. The van der Waals surface area contributed by atoms with Crippen LogP contribution in [0.1, 0.15) is 12.5 Å². The summed E-state index contributed by atoms with van der Waals surface area (Å²) in [6.45, 7) is 2.15. The summed E-state index contributed by atoms with van der Waals surface area (Å²) in [4.78, 5) is 0. The standard InChI is InChI=1S/C9H9F3O/c1-6-3-4-7(5-8(6)10)13-9(2,11)12/h3-5H,1-2H3. The van der Waals surface area contributed by atoms with Crippen LogP contribution < -0.4 is 4.74 Å². The summed E-state index contributed by atoms with van der Waals surface area (Å²) < 4.78 is 41.6. The largest absolute Gasteiger partial charge is 0.433 e. The smallest absolute Gasteiger partial charge is 0.394 e. The first-order valence-electron chi connectivity index (χ1n) is 3.71. The summed E-state index contributed by atoms with van der Waals surface area (Å²) in [6, 6.07) is 3.62. The van der Waals surface area contributed by atoms with Gasteiger partial charge < -0.3 is 4.74 Å². The lowest BCUT2D eigenvalue weighted by Gasteiger charge is -2.12. The van der Waals surface area contributed by atoms with Gasteiger partial charge in [-0.3, -0.25) is 0 Å². The topological polar surface area (TPSA) is 9.23 Å². The molecule has 0 N–H and O–H groups in total. The predicted octanol–water partition coefficient (Wildman–Crippen LogP) is 3.13. The van der Waals surface area contributed by atoms with E-state index in [0.29, 0.717) is 12.5 Å². The molecule has 4 heteroatoms. The average molecular weight is 190 g/mol. The molecular formula is C9H9F3O. The molecule has 0 aliphatic carbocycles. The van der Waals surface area contributed by atoms with E-state index in [9.17, 15) is 13.2 Å². The summed E-state index contributed by atoms with van der Waals surface area (Å²) >= 11 is 0. The molecule has 0 radical (unpaired) electrons. The molecule has 0 saturated carbocycles. The van der Waals surface area contributed by atoms with Crippen molar-refractivity contribution in [2.75, 3.05) is 0 Å². The van der Waals surface area contributed by atoms with Crippen LogP contribution in [0.4, 0.5) is 13.2 Å². The highest BCUT2D eigenvalue weighted by Gasteiger charge is 2.23. The van der Waals surface area contributed by atoms with Gasteiger partial charge in [0.15, 0.2) is 0 Å². The van der Waals surface area contributed by atoms with Crippen LogP contribution >= 0.6 is 0 Å². The van der Waals surface area contributed by atoms with Gasteiger partial charge >= 0.3 is 6.11 Å². The van der Waals surface area contributed by atoms with Crippen molar-refractivity contribution < 1.29 is 17.9 Å². The molecule has 1 aromatic carbocycles. The van der Waals surface area contributed by atoms with Crippen molar-refractivity contribution >= 4 is 0 Å². The second kappa shape index (κ2) is 3.28. The van der Waals surface area contributed by atoms with E-state index in [1.807, 2.05) is 0 Å². The zero-order chi connectivity index (χ0) is 10.1. The third kappa shape index (κ3) is 2.97. The van der Waals surface area contributed by atoms with E-state index >= 15 is 0 Å². The summed E-state index contributed by atoms with van der Waals surface area (Å²) in [5, 5.41) is 0. The Labute approximate surface area is 74.1 Å². The van der Waals surface area contributed by atoms with Crippen molar-refractivity contribution in [2.45, 2.75) is 20.0 Å². The molecule has 0 unspecified atom stereocenters. The first kappa shape index (κ1) is 9.89. The van der Waals surface area contributed by atoms with Gasteiger partial charge in [-0.1, -0.05) is 6.07 Å². The molecule has 0 bridgehead atoms. The lowest BCUT2D eigenvalue weighted by atomic mass is 10.2. The SMILES string of the molecule is Cc1ccc(OC(C)(F)F)cc1F. The molecule has 0 atom stereocenters. The van der Waals surface area contributed by atoms with Crippen molar-refractivity contribution in [2.24, 2.45) is 0 Å². The lowest BCUT2D eigenvalue weighted by Crippen LogP contribution is -2.19. The zero-order valence-corrected chi connectivity index (χ0v) is 7.27. The molecule has 0 spiro atoms. The number of hydrogen-bond acceptors (Lipinski definition) is 1. The summed E-state index contributed by atoms with van der Waals surface area (Å²) in [5.74, 6) is -0.725. The van der Waals surface area contributed by atoms with Crippen LogP contribution in [0.2, 0.25) is 0 Å². The molecule has 0 fully saturated rings. The molecule has 0 amide bonds. The van der Waals surface area contributed by atoms with Crippen LogP contribution in [0.5, 0.6) is 5.75 Å². The fraction of sp³-hybridized carbons (Fsp3) is 0.333. The van der Waals surface area contributed by atoms with E-state index in [2.05, 4.69) is 4.74 Å². The minimum Gasteiger partial charge on any atom is -0.433 e. The number of halogens is 3. The highest BCUT2D eigenvalue weighted by atomic mass is 19.3. The first-order valence-corrected chi connectivity index (χ1v) is 3.71. The van der Waals surface area contributed by atoms with Gasteiger partial charge in [0.25, 0.3) is 0 Å². The molecule has 0 aromatic heterocycles. The monoisotopic (exact) mass is 190 g/mol. The summed E-state index contributed by atoms with van der Waals surface area (Å²) in [7, 11) is 0. The highest BCUT2D eigenvalue weighted by molar-refractivity contribution is 5.28. The maximum Gasteiger partial charge on any atom is 0.394 e. The normalized spacial score (nSPS) is 11.5. The van der Waals surface area contributed by atoms with E-state index in [4.69, 9.17) is 0 Å². The Balaban J connectivity index is 2.86. The maximum absolute atomic E-state index is 12.8. The average Bonchev–Trinajstić information content (AvgIpc) is 1.94. The van der Waals surface area contributed by atoms with Crippen LogP contribution in [0.25, 0.3) is 0 Å². The van der Waals surface area contributed by atoms with Crippen molar-refractivity contribution in [1.29, 1.82) is 0 Å². The molecule has 1 nitrogen and oxygen atoms in total. The quantitative estimate of drug-likeness (QED) is 0.696.